The molecule has 1 N–H and O–H groups in total. The lowest BCUT2D eigenvalue weighted by molar-refractivity contribution is -0.141. The molecule has 0 radical (unpaired) electrons. The van der Waals surface area contributed by atoms with Crippen molar-refractivity contribution in [3.63, 3.8) is 0 Å². The molecule has 6 nitrogen and oxygen atoms in total. The Morgan fingerprint density at radius 3 is 2.34 bits per heavy atom. The van der Waals surface area contributed by atoms with E-state index in [2.05, 4.69) is 17.4 Å². The Bertz CT molecular complexity index is 895. The summed E-state index contributed by atoms with van der Waals surface area (Å²) >= 11 is 0. The maximum Gasteiger partial charge on any atom is 0.243 e. The van der Waals surface area contributed by atoms with Crippen LogP contribution in [0.1, 0.15) is 63.9 Å². The minimum Gasteiger partial charge on any atom is -0.497 e. The maximum atomic E-state index is 13.3. The van der Waals surface area contributed by atoms with Crippen molar-refractivity contribution in [2.75, 3.05) is 20.3 Å². The lowest BCUT2D eigenvalue weighted by Crippen LogP contribution is -2.52. The zero-order chi connectivity index (χ0) is 24.9. The summed E-state index contributed by atoms with van der Waals surface area (Å²) in [7, 11) is 1.63. The number of benzene rings is 2. The first kappa shape index (κ1) is 26.6. The lowest BCUT2D eigenvalue weighted by atomic mass is 9.95. The zero-order valence-corrected chi connectivity index (χ0v) is 21.2. The molecule has 2 aromatic rings. The van der Waals surface area contributed by atoms with Gasteiger partial charge in [-0.15, -0.1) is 0 Å². The average Bonchev–Trinajstić information content (AvgIpc) is 2.90. The number of amides is 2. The van der Waals surface area contributed by atoms with Crippen LogP contribution < -0.4 is 14.8 Å². The molecule has 6 heteroatoms. The van der Waals surface area contributed by atoms with Crippen LogP contribution in [0.2, 0.25) is 0 Å². The number of methoxy groups -OCH3 is 1. The van der Waals surface area contributed by atoms with Crippen LogP contribution in [0.4, 0.5) is 0 Å². The van der Waals surface area contributed by atoms with Crippen molar-refractivity contribution in [1.82, 2.24) is 10.2 Å². The minimum atomic E-state index is -0.448. The normalized spacial score (nSPS) is 14.7. The number of hydrogen-bond donors (Lipinski definition) is 1. The van der Waals surface area contributed by atoms with E-state index in [9.17, 15) is 9.59 Å². The molecule has 1 fully saturated rings. The molecule has 1 unspecified atom stereocenters. The molecule has 3 rings (SSSR count). The van der Waals surface area contributed by atoms with Crippen LogP contribution in [0.15, 0.2) is 54.6 Å². The Morgan fingerprint density at radius 2 is 1.69 bits per heavy atom. The third kappa shape index (κ3) is 8.61. The summed E-state index contributed by atoms with van der Waals surface area (Å²) in [5.41, 5.74) is 1.16. The minimum absolute atomic E-state index is 0.00454. The largest absolute Gasteiger partial charge is 0.497 e. The zero-order valence-electron chi connectivity index (χ0n) is 21.2. The van der Waals surface area contributed by atoms with Crippen LogP contribution in [0.3, 0.4) is 0 Å². The second kappa shape index (κ2) is 14.4. The fraction of sp³-hybridized carbons (Fsp3) is 0.517. The molecule has 2 amide bonds. The molecule has 2 aromatic carbocycles. The summed E-state index contributed by atoms with van der Waals surface area (Å²) in [4.78, 5) is 28.3. The molecule has 35 heavy (non-hydrogen) atoms. The van der Waals surface area contributed by atoms with E-state index in [-0.39, 0.29) is 17.9 Å². The second-order valence-electron chi connectivity index (χ2n) is 9.22. The standard InChI is InChI=1S/C29H40N2O4/c1-3-27(29(33)30-24-13-8-5-9-14-24)31(21-20-23-11-6-4-7-12-23)28(32)15-10-22-35-26-18-16-25(34-2)17-19-26/h4,6-7,11-12,16-19,24,27H,3,5,8-10,13-15,20-22H2,1-2H3,(H,30,33). The number of nitrogens with zero attached hydrogens (tertiary/aromatic N) is 1. The Hall–Kier alpha value is -3.02. The molecule has 0 aromatic heterocycles. The van der Waals surface area contributed by atoms with Crippen LogP contribution in [0.25, 0.3) is 0 Å². The summed E-state index contributed by atoms with van der Waals surface area (Å²) in [6.45, 7) is 2.95. The van der Waals surface area contributed by atoms with Crippen molar-refractivity contribution in [3.05, 3.63) is 60.2 Å². The predicted molar refractivity (Wildman–Crippen MR) is 139 cm³/mol. The molecule has 1 aliphatic carbocycles. The molecule has 0 aliphatic heterocycles. The monoisotopic (exact) mass is 480 g/mol. The quantitative estimate of drug-likeness (QED) is 0.403. The van der Waals surface area contributed by atoms with Crippen molar-refractivity contribution in [2.45, 2.75) is 76.8 Å². The van der Waals surface area contributed by atoms with Gasteiger partial charge < -0.3 is 19.7 Å². The molecule has 0 spiro atoms. The van der Waals surface area contributed by atoms with E-state index in [1.807, 2.05) is 49.4 Å². The van der Waals surface area contributed by atoms with Crippen LogP contribution in [0, 0.1) is 0 Å². The highest BCUT2D eigenvalue weighted by molar-refractivity contribution is 5.87. The Labute approximate surface area is 210 Å². The van der Waals surface area contributed by atoms with Gasteiger partial charge in [0.2, 0.25) is 11.8 Å². The van der Waals surface area contributed by atoms with E-state index >= 15 is 0 Å². The first-order chi connectivity index (χ1) is 17.1. The molecule has 190 valence electrons. The molecule has 1 saturated carbocycles. The Balaban J connectivity index is 1.58. The van der Waals surface area contributed by atoms with Gasteiger partial charge in [-0.1, -0.05) is 56.5 Å². The molecule has 0 bridgehead atoms. The van der Waals surface area contributed by atoms with E-state index in [0.29, 0.717) is 32.4 Å². The number of hydrogen-bond acceptors (Lipinski definition) is 4. The van der Waals surface area contributed by atoms with Gasteiger partial charge in [-0.3, -0.25) is 9.59 Å². The van der Waals surface area contributed by atoms with E-state index < -0.39 is 6.04 Å². The van der Waals surface area contributed by atoms with E-state index in [0.717, 1.165) is 49.2 Å². The number of rotatable bonds is 13. The summed E-state index contributed by atoms with van der Waals surface area (Å²) in [6.07, 6.45) is 7.88. The van der Waals surface area contributed by atoms with Crippen molar-refractivity contribution in [3.8, 4) is 11.5 Å². The molecule has 0 saturated heterocycles. The van der Waals surface area contributed by atoms with Crippen LogP contribution in [-0.4, -0.2) is 49.1 Å². The van der Waals surface area contributed by atoms with Gasteiger partial charge in [0.15, 0.2) is 0 Å². The lowest BCUT2D eigenvalue weighted by Gasteiger charge is -2.33. The van der Waals surface area contributed by atoms with Gasteiger partial charge in [-0.05, 0) is 61.9 Å². The summed E-state index contributed by atoms with van der Waals surface area (Å²) < 4.78 is 11.0. The highest BCUT2D eigenvalue weighted by atomic mass is 16.5. The van der Waals surface area contributed by atoms with Gasteiger partial charge in [0, 0.05) is 19.0 Å². The summed E-state index contributed by atoms with van der Waals surface area (Å²) in [5.74, 6) is 1.51. The Morgan fingerprint density at radius 1 is 1.00 bits per heavy atom. The van der Waals surface area contributed by atoms with Crippen LogP contribution in [0.5, 0.6) is 11.5 Å². The Kier molecular flexibility index (Phi) is 10.9. The number of carbonyl (C=O) groups is 2. The molecule has 0 heterocycles. The molecule has 1 atom stereocenters. The van der Waals surface area contributed by atoms with Crippen LogP contribution in [-0.2, 0) is 16.0 Å². The highest BCUT2D eigenvalue weighted by Gasteiger charge is 2.29. The topological polar surface area (TPSA) is 67.9 Å². The highest BCUT2D eigenvalue weighted by Crippen LogP contribution is 2.20. The van der Waals surface area contributed by atoms with Gasteiger partial charge in [-0.2, -0.15) is 0 Å². The van der Waals surface area contributed by atoms with Crippen molar-refractivity contribution in [2.24, 2.45) is 0 Å². The molecule has 1 aliphatic rings. The molecular formula is C29H40N2O4. The predicted octanol–water partition coefficient (Wildman–Crippen LogP) is 5.15. The first-order valence-corrected chi connectivity index (χ1v) is 13.0. The number of carbonyl (C=O) groups excluding carboxylic acids is 2. The molecular weight excluding hydrogens is 440 g/mol. The van der Waals surface area contributed by atoms with Gasteiger partial charge in [-0.25, -0.2) is 0 Å². The average molecular weight is 481 g/mol. The third-order valence-corrected chi connectivity index (χ3v) is 6.68. The number of ether oxygens (including phenoxy) is 2. The van der Waals surface area contributed by atoms with E-state index in [4.69, 9.17) is 9.47 Å². The first-order valence-electron chi connectivity index (χ1n) is 13.0. The fourth-order valence-corrected chi connectivity index (χ4v) is 4.67. The maximum absolute atomic E-state index is 13.3. The second-order valence-corrected chi connectivity index (χ2v) is 9.22. The van der Waals surface area contributed by atoms with Gasteiger partial charge in [0.25, 0.3) is 0 Å². The van der Waals surface area contributed by atoms with Crippen molar-refractivity contribution < 1.29 is 19.1 Å². The van der Waals surface area contributed by atoms with E-state index in [1.165, 1.54) is 6.42 Å². The fourth-order valence-electron chi connectivity index (χ4n) is 4.67. The van der Waals surface area contributed by atoms with Gasteiger partial charge in [0.1, 0.15) is 17.5 Å². The number of nitrogens with one attached hydrogen (secondary N) is 1. The summed E-state index contributed by atoms with van der Waals surface area (Å²) in [6, 6.07) is 17.3. The van der Waals surface area contributed by atoms with Crippen LogP contribution >= 0.6 is 0 Å². The van der Waals surface area contributed by atoms with Crippen molar-refractivity contribution >= 4 is 11.8 Å². The third-order valence-electron chi connectivity index (χ3n) is 6.68. The van der Waals surface area contributed by atoms with Crippen molar-refractivity contribution in [1.29, 1.82) is 0 Å². The summed E-state index contributed by atoms with van der Waals surface area (Å²) in [5, 5.41) is 3.23. The van der Waals surface area contributed by atoms with Gasteiger partial charge >= 0.3 is 0 Å². The smallest absolute Gasteiger partial charge is 0.243 e. The SMILES string of the molecule is CCC(C(=O)NC1CCCCC1)N(CCc1ccccc1)C(=O)CCCOc1ccc(OC)cc1. The van der Waals surface area contributed by atoms with E-state index in [1.54, 1.807) is 12.0 Å². The van der Waals surface area contributed by atoms with Gasteiger partial charge in [0.05, 0.1) is 13.7 Å².